The van der Waals surface area contributed by atoms with Crippen molar-refractivity contribution in [2.45, 2.75) is 13.1 Å². The van der Waals surface area contributed by atoms with E-state index in [9.17, 15) is 14.4 Å². The van der Waals surface area contributed by atoms with Crippen LogP contribution in [0.25, 0.3) is 17.0 Å². The fourth-order valence-electron chi connectivity index (χ4n) is 3.96. The zero-order valence-electron chi connectivity index (χ0n) is 18.4. The Hall–Kier alpha value is -4.09. The molecule has 174 valence electrons. The van der Waals surface area contributed by atoms with Crippen LogP contribution in [0.3, 0.4) is 0 Å². The number of hydrogen-bond donors (Lipinski definition) is 1. The normalized spacial score (nSPS) is 12.5. The van der Waals surface area contributed by atoms with Crippen LogP contribution in [0.15, 0.2) is 76.9 Å². The van der Waals surface area contributed by atoms with Gasteiger partial charge in [0.05, 0.1) is 0 Å². The second kappa shape index (κ2) is 9.65. The van der Waals surface area contributed by atoms with E-state index in [0.717, 1.165) is 32.1 Å². The van der Waals surface area contributed by atoms with Crippen molar-refractivity contribution >= 4 is 38.8 Å². The van der Waals surface area contributed by atoms with Gasteiger partial charge in [0.1, 0.15) is 17.5 Å². The zero-order chi connectivity index (χ0) is 24.4. The fraction of sp³-hybridized carbons (Fsp3) is 0.111. The first-order chi connectivity index (χ1) is 17.0. The molecule has 2 heterocycles. The Morgan fingerprint density at radius 3 is 2.66 bits per heavy atom. The molecule has 0 atom stereocenters. The standard InChI is InChI=1S/C27H19BrFN3O3/c28-21-4-7-24-23(11-21)20(15-32(24)14-17-1-5-22(29)6-2-17)10-19(12-30)27(33)31-13-18-3-8-25-26(9-18)35-16-34-25/h1-11,15H,13-14,16H2,(H,31,33)/b19-10+. The van der Waals surface area contributed by atoms with Gasteiger partial charge in [-0.2, -0.15) is 5.26 Å². The number of carbonyl (C=O) groups is 1. The average molecular weight is 532 g/mol. The van der Waals surface area contributed by atoms with E-state index in [1.807, 2.05) is 41.1 Å². The van der Waals surface area contributed by atoms with Crippen LogP contribution in [-0.2, 0) is 17.9 Å². The molecule has 0 fully saturated rings. The Morgan fingerprint density at radius 2 is 1.86 bits per heavy atom. The van der Waals surface area contributed by atoms with E-state index in [4.69, 9.17) is 9.47 Å². The summed E-state index contributed by atoms with van der Waals surface area (Å²) in [5.74, 6) is 0.539. The predicted molar refractivity (Wildman–Crippen MR) is 133 cm³/mol. The number of halogens is 2. The molecule has 1 N–H and O–H groups in total. The highest BCUT2D eigenvalue weighted by Crippen LogP contribution is 2.32. The van der Waals surface area contributed by atoms with Crippen molar-refractivity contribution in [3.05, 3.63) is 99.4 Å². The van der Waals surface area contributed by atoms with Gasteiger partial charge in [0, 0.05) is 40.2 Å². The Morgan fingerprint density at radius 1 is 1.09 bits per heavy atom. The summed E-state index contributed by atoms with van der Waals surface area (Å²) >= 11 is 3.50. The number of carbonyl (C=O) groups excluding carboxylic acids is 1. The van der Waals surface area contributed by atoms with Crippen LogP contribution < -0.4 is 14.8 Å². The van der Waals surface area contributed by atoms with Gasteiger partial charge in [-0.15, -0.1) is 0 Å². The second-order valence-corrected chi connectivity index (χ2v) is 8.96. The number of aromatic nitrogens is 1. The lowest BCUT2D eigenvalue weighted by Gasteiger charge is -2.06. The van der Waals surface area contributed by atoms with Crippen LogP contribution in [0.1, 0.15) is 16.7 Å². The summed E-state index contributed by atoms with van der Waals surface area (Å²) in [4.78, 5) is 12.8. The molecule has 1 aliphatic heterocycles. The van der Waals surface area contributed by atoms with E-state index in [1.54, 1.807) is 30.3 Å². The van der Waals surface area contributed by atoms with E-state index in [-0.39, 0.29) is 24.7 Å². The first-order valence-corrected chi connectivity index (χ1v) is 11.6. The summed E-state index contributed by atoms with van der Waals surface area (Å²) in [7, 11) is 0. The highest BCUT2D eigenvalue weighted by molar-refractivity contribution is 9.10. The molecule has 3 aromatic carbocycles. The number of nitrogens with one attached hydrogen (secondary N) is 1. The number of nitriles is 1. The summed E-state index contributed by atoms with van der Waals surface area (Å²) in [6.45, 7) is 0.939. The van der Waals surface area contributed by atoms with Gasteiger partial charge in [-0.1, -0.05) is 34.1 Å². The van der Waals surface area contributed by atoms with Crippen molar-refractivity contribution < 1.29 is 18.7 Å². The molecule has 0 radical (unpaired) electrons. The molecule has 35 heavy (non-hydrogen) atoms. The minimum atomic E-state index is -0.473. The van der Waals surface area contributed by atoms with Gasteiger partial charge in [-0.05, 0) is 59.7 Å². The van der Waals surface area contributed by atoms with Gasteiger partial charge in [0.2, 0.25) is 6.79 Å². The smallest absolute Gasteiger partial charge is 0.262 e. The topological polar surface area (TPSA) is 76.3 Å². The van der Waals surface area contributed by atoms with E-state index in [2.05, 4.69) is 21.2 Å². The van der Waals surface area contributed by atoms with E-state index >= 15 is 0 Å². The lowest BCUT2D eigenvalue weighted by Crippen LogP contribution is -2.23. The van der Waals surface area contributed by atoms with E-state index in [1.165, 1.54) is 12.1 Å². The maximum absolute atomic E-state index is 13.3. The predicted octanol–water partition coefficient (Wildman–Crippen LogP) is 5.54. The van der Waals surface area contributed by atoms with Crippen LogP contribution in [0, 0.1) is 17.1 Å². The largest absolute Gasteiger partial charge is 0.454 e. The highest BCUT2D eigenvalue weighted by atomic mass is 79.9. The number of hydrogen-bond acceptors (Lipinski definition) is 4. The third-order valence-corrected chi connectivity index (χ3v) is 6.19. The van der Waals surface area contributed by atoms with Crippen molar-refractivity contribution in [2.24, 2.45) is 0 Å². The Balaban J connectivity index is 1.40. The molecule has 0 unspecified atom stereocenters. The summed E-state index contributed by atoms with van der Waals surface area (Å²) in [6, 6.07) is 19.6. The molecule has 0 aliphatic carbocycles. The minimum absolute atomic E-state index is 0.00782. The molecule has 1 aliphatic rings. The summed E-state index contributed by atoms with van der Waals surface area (Å²) in [5, 5.41) is 13.4. The fourth-order valence-corrected chi connectivity index (χ4v) is 4.32. The minimum Gasteiger partial charge on any atom is -0.454 e. The molecular formula is C27H19BrFN3O3. The Labute approximate surface area is 209 Å². The molecule has 1 aromatic heterocycles. The van der Waals surface area contributed by atoms with Gasteiger partial charge in [0.15, 0.2) is 11.5 Å². The lowest BCUT2D eigenvalue weighted by molar-refractivity contribution is -0.117. The zero-order valence-corrected chi connectivity index (χ0v) is 20.0. The molecule has 4 aromatic rings. The van der Waals surface area contributed by atoms with Crippen molar-refractivity contribution in [3.8, 4) is 17.6 Å². The molecule has 0 bridgehead atoms. The summed E-state index contributed by atoms with van der Waals surface area (Å²) in [6.07, 6.45) is 3.48. The third-order valence-electron chi connectivity index (χ3n) is 5.70. The number of amides is 1. The number of benzene rings is 3. The number of nitrogens with zero attached hydrogens (tertiary/aromatic N) is 2. The van der Waals surface area contributed by atoms with Gasteiger partial charge < -0.3 is 19.4 Å². The monoisotopic (exact) mass is 531 g/mol. The van der Waals surface area contributed by atoms with Crippen molar-refractivity contribution in [2.75, 3.05) is 6.79 Å². The summed E-state index contributed by atoms with van der Waals surface area (Å²) < 4.78 is 26.9. The van der Waals surface area contributed by atoms with Crippen LogP contribution >= 0.6 is 15.9 Å². The third kappa shape index (κ3) is 4.91. The van der Waals surface area contributed by atoms with Crippen LogP contribution in [0.5, 0.6) is 11.5 Å². The van der Waals surface area contributed by atoms with Gasteiger partial charge in [-0.25, -0.2) is 4.39 Å². The molecular weight excluding hydrogens is 513 g/mol. The maximum Gasteiger partial charge on any atom is 0.262 e. The van der Waals surface area contributed by atoms with Crippen molar-refractivity contribution in [1.82, 2.24) is 9.88 Å². The number of rotatable bonds is 6. The lowest BCUT2D eigenvalue weighted by atomic mass is 10.1. The van der Waals surface area contributed by atoms with Gasteiger partial charge in [0.25, 0.3) is 5.91 Å². The first kappa shape index (κ1) is 22.7. The Kier molecular flexibility index (Phi) is 6.25. The average Bonchev–Trinajstić information content (AvgIpc) is 3.46. The molecule has 0 spiro atoms. The quantitative estimate of drug-likeness (QED) is 0.261. The van der Waals surface area contributed by atoms with Gasteiger partial charge in [-0.3, -0.25) is 4.79 Å². The number of fused-ring (bicyclic) bond motifs is 2. The Bertz CT molecular complexity index is 1500. The molecule has 8 heteroatoms. The van der Waals surface area contributed by atoms with Crippen molar-refractivity contribution in [3.63, 3.8) is 0 Å². The van der Waals surface area contributed by atoms with Crippen molar-refractivity contribution in [1.29, 1.82) is 5.26 Å². The second-order valence-electron chi connectivity index (χ2n) is 8.04. The highest BCUT2D eigenvalue weighted by Gasteiger charge is 2.16. The van der Waals surface area contributed by atoms with Crippen LogP contribution in [0.4, 0.5) is 4.39 Å². The molecule has 0 saturated carbocycles. The SMILES string of the molecule is N#C/C(=C\c1cn(Cc2ccc(F)cc2)c2ccc(Br)cc12)C(=O)NCc1ccc2c(c1)OCO2. The molecule has 5 rings (SSSR count). The van der Waals surface area contributed by atoms with E-state index < -0.39 is 5.91 Å². The maximum atomic E-state index is 13.3. The first-order valence-electron chi connectivity index (χ1n) is 10.8. The molecule has 1 amide bonds. The molecule has 0 saturated heterocycles. The summed E-state index contributed by atoms with van der Waals surface area (Å²) in [5.41, 5.74) is 3.43. The van der Waals surface area contributed by atoms with Crippen LogP contribution in [0.2, 0.25) is 0 Å². The van der Waals surface area contributed by atoms with Gasteiger partial charge >= 0.3 is 0 Å². The molecule has 6 nitrogen and oxygen atoms in total. The van der Waals surface area contributed by atoms with Crippen LogP contribution in [-0.4, -0.2) is 17.3 Å². The number of ether oxygens (including phenoxy) is 2. The van der Waals surface area contributed by atoms with E-state index in [0.29, 0.717) is 18.0 Å².